The molecular formula is C13H7FN2O2S. The lowest BCUT2D eigenvalue weighted by atomic mass is 9.88. The number of halogens is 1. The highest BCUT2D eigenvalue weighted by atomic mass is 32.1. The van der Waals surface area contributed by atoms with Crippen molar-refractivity contribution in [2.75, 3.05) is 0 Å². The fraction of sp³-hybridized carbons (Fsp3) is 0.0769. The average Bonchev–Trinajstić information content (AvgIpc) is 2.99. The van der Waals surface area contributed by atoms with Crippen molar-refractivity contribution in [2.24, 2.45) is 0 Å². The number of carbonyl (C=O) groups is 2. The molecule has 2 heterocycles. The van der Waals surface area contributed by atoms with Crippen LogP contribution in [0.4, 0.5) is 9.18 Å². The Hall–Kier alpha value is -2.21. The zero-order valence-electron chi connectivity index (χ0n) is 9.49. The summed E-state index contributed by atoms with van der Waals surface area (Å²) in [5.41, 5.74) is 0.729. The molecule has 1 spiro atoms. The smallest absolute Gasteiger partial charge is 0.316 e. The van der Waals surface area contributed by atoms with Crippen LogP contribution in [0.5, 0.6) is 0 Å². The molecule has 1 atom stereocenters. The normalized spacial score (nSPS) is 23.2. The molecule has 6 heteroatoms. The van der Waals surface area contributed by atoms with E-state index in [1.54, 1.807) is 12.1 Å². The molecular weight excluding hydrogens is 267 g/mol. The number of hydrogen-bond donors (Lipinski definition) is 2. The zero-order valence-corrected chi connectivity index (χ0v) is 10.3. The molecule has 2 aliphatic rings. The van der Waals surface area contributed by atoms with Gasteiger partial charge in [-0.05, 0) is 29.1 Å². The van der Waals surface area contributed by atoms with Crippen LogP contribution in [-0.4, -0.2) is 11.9 Å². The van der Waals surface area contributed by atoms with Crippen molar-refractivity contribution in [3.05, 3.63) is 46.6 Å². The molecule has 0 bridgehead atoms. The van der Waals surface area contributed by atoms with E-state index in [0.717, 1.165) is 10.4 Å². The van der Waals surface area contributed by atoms with Crippen LogP contribution in [0.25, 0.3) is 10.4 Å². The Morgan fingerprint density at radius 3 is 2.74 bits per heavy atom. The van der Waals surface area contributed by atoms with E-state index >= 15 is 0 Å². The standard InChI is InChI=1S/C13H7FN2O2S/c14-6-1-2-7-9(5-6)13(8-3-4-19-10(7)8)11(17)15-12(18)16-13/h1-5H,(H2,15,16,17,18). The number of imide groups is 1. The van der Waals surface area contributed by atoms with Crippen LogP contribution in [0.15, 0.2) is 29.6 Å². The van der Waals surface area contributed by atoms with Crippen molar-refractivity contribution < 1.29 is 14.0 Å². The summed E-state index contributed by atoms with van der Waals surface area (Å²) in [7, 11) is 0. The summed E-state index contributed by atoms with van der Waals surface area (Å²) < 4.78 is 13.5. The van der Waals surface area contributed by atoms with Crippen LogP contribution >= 0.6 is 11.3 Å². The van der Waals surface area contributed by atoms with E-state index in [0.29, 0.717) is 11.1 Å². The monoisotopic (exact) mass is 274 g/mol. The Morgan fingerprint density at radius 1 is 1.16 bits per heavy atom. The topological polar surface area (TPSA) is 58.2 Å². The van der Waals surface area contributed by atoms with Gasteiger partial charge in [-0.3, -0.25) is 10.1 Å². The molecule has 2 N–H and O–H groups in total. The number of thiophene rings is 1. The molecule has 1 aromatic carbocycles. The molecule has 0 radical (unpaired) electrons. The summed E-state index contributed by atoms with van der Waals surface area (Å²) in [6.07, 6.45) is 0. The number of amides is 3. The summed E-state index contributed by atoms with van der Waals surface area (Å²) in [5, 5.41) is 6.74. The van der Waals surface area contributed by atoms with Crippen molar-refractivity contribution in [3.8, 4) is 10.4 Å². The zero-order chi connectivity index (χ0) is 13.2. The van der Waals surface area contributed by atoms with Crippen LogP contribution in [0.1, 0.15) is 11.1 Å². The van der Waals surface area contributed by atoms with E-state index in [1.165, 1.54) is 23.5 Å². The van der Waals surface area contributed by atoms with Gasteiger partial charge in [0, 0.05) is 16.0 Å². The van der Waals surface area contributed by atoms with E-state index in [1.807, 2.05) is 5.38 Å². The first-order valence-corrected chi connectivity index (χ1v) is 6.53. The van der Waals surface area contributed by atoms with Gasteiger partial charge in [-0.25, -0.2) is 9.18 Å². The average molecular weight is 274 g/mol. The second kappa shape index (κ2) is 3.21. The second-order valence-corrected chi connectivity index (χ2v) is 5.43. The Bertz CT molecular complexity index is 755. The van der Waals surface area contributed by atoms with E-state index in [9.17, 15) is 14.0 Å². The molecule has 1 aliphatic carbocycles. The number of hydrogen-bond acceptors (Lipinski definition) is 3. The molecule has 1 aromatic heterocycles. The van der Waals surface area contributed by atoms with Gasteiger partial charge in [0.05, 0.1) is 0 Å². The molecule has 94 valence electrons. The van der Waals surface area contributed by atoms with Crippen molar-refractivity contribution in [3.63, 3.8) is 0 Å². The van der Waals surface area contributed by atoms with Gasteiger partial charge < -0.3 is 5.32 Å². The first kappa shape index (κ1) is 10.7. The highest BCUT2D eigenvalue weighted by Crippen LogP contribution is 2.51. The lowest BCUT2D eigenvalue weighted by Gasteiger charge is -2.22. The second-order valence-electron chi connectivity index (χ2n) is 4.51. The van der Waals surface area contributed by atoms with Gasteiger partial charge in [0.25, 0.3) is 5.91 Å². The number of urea groups is 1. The maximum atomic E-state index is 13.5. The highest BCUT2D eigenvalue weighted by molar-refractivity contribution is 7.14. The maximum absolute atomic E-state index is 13.5. The fourth-order valence-electron chi connectivity index (χ4n) is 2.82. The van der Waals surface area contributed by atoms with Gasteiger partial charge >= 0.3 is 6.03 Å². The number of fused-ring (bicyclic) bond motifs is 5. The SMILES string of the molecule is O=C1NC(=O)C2(N1)c1cc(F)ccc1-c1sccc12. The molecule has 1 saturated heterocycles. The van der Waals surface area contributed by atoms with Crippen LogP contribution in [0, 0.1) is 5.82 Å². The van der Waals surface area contributed by atoms with E-state index in [4.69, 9.17) is 0 Å². The van der Waals surface area contributed by atoms with Crippen LogP contribution in [-0.2, 0) is 10.3 Å². The first-order valence-electron chi connectivity index (χ1n) is 5.65. The van der Waals surface area contributed by atoms with Gasteiger partial charge in [0.15, 0.2) is 5.54 Å². The molecule has 1 fully saturated rings. The molecule has 1 unspecified atom stereocenters. The quantitative estimate of drug-likeness (QED) is 0.721. The molecule has 0 saturated carbocycles. The van der Waals surface area contributed by atoms with Gasteiger partial charge in [0.2, 0.25) is 0 Å². The molecule has 2 aromatic rings. The number of carbonyl (C=O) groups excluding carboxylic acids is 2. The van der Waals surface area contributed by atoms with Crippen molar-refractivity contribution in [2.45, 2.75) is 5.54 Å². The van der Waals surface area contributed by atoms with Gasteiger partial charge in [-0.2, -0.15) is 0 Å². The minimum absolute atomic E-state index is 0.428. The molecule has 3 amide bonds. The summed E-state index contributed by atoms with van der Waals surface area (Å²) in [6, 6.07) is 5.55. The minimum atomic E-state index is -1.27. The number of rotatable bonds is 0. The largest absolute Gasteiger partial charge is 0.322 e. The third kappa shape index (κ3) is 1.12. The van der Waals surface area contributed by atoms with Crippen molar-refractivity contribution in [1.29, 1.82) is 0 Å². The lowest BCUT2D eigenvalue weighted by Crippen LogP contribution is -2.43. The minimum Gasteiger partial charge on any atom is -0.316 e. The Labute approximate surface area is 111 Å². The fourth-order valence-corrected chi connectivity index (χ4v) is 3.81. The molecule has 1 aliphatic heterocycles. The Balaban J connectivity index is 2.11. The highest BCUT2D eigenvalue weighted by Gasteiger charge is 2.55. The lowest BCUT2D eigenvalue weighted by molar-refractivity contribution is -0.122. The Morgan fingerprint density at radius 2 is 2.00 bits per heavy atom. The third-order valence-corrected chi connectivity index (χ3v) is 4.52. The number of benzene rings is 1. The summed E-state index contributed by atoms with van der Waals surface area (Å²) in [4.78, 5) is 24.6. The predicted molar refractivity (Wildman–Crippen MR) is 67.2 cm³/mol. The maximum Gasteiger partial charge on any atom is 0.322 e. The van der Waals surface area contributed by atoms with Crippen LogP contribution in [0.3, 0.4) is 0 Å². The van der Waals surface area contributed by atoms with Crippen LogP contribution in [0.2, 0.25) is 0 Å². The molecule has 4 nitrogen and oxygen atoms in total. The van der Waals surface area contributed by atoms with Gasteiger partial charge in [-0.15, -0.1) is 11.3 Å². The summed E-state index contributed by atoms with van der Waals surface area (Å²) in [6.45, 7) is 0. The Kier molecular flexibility index (Phi) is 1.81. The van der Waals surface area contributed by atoms with Gasteiger partial charge in [-0.1, -0.05) is 6.07 Å². The van der Waals surface area contributed by atoms with E-state index in [-0.39, 0.29) is 0 Å². The van der Waals surface area contributed by atoms with Crippen molar-refractivity contribution >= 4 is 23.3 Å². The molecule has 4 rings (SSSR count). The van der Waals surface area contributed by atoms with E-state index < -0.39 is 23.3 Å². The summed E-state index contributed by atoms with van der Waals surface area (Å²) >= 11 is 1.47. The van der Waals surface area contributed by atoms with Gasteiger partial charge in [0.1, 0.15) is 5.82 Å². The number of nitrogens with one attached hydrogen (secondary N) is 2. The first-order chi connectivity index (χ1) is 9.13. The third-order valence-electron chi connectivity index (χ3n) is 3.57. The molecule has 19 heavy (non-hydrogen) atoms. The van der Waals surface area contributed by atoms with E-state index in [2.05, 4.69) is 10.6 Å². The predicted octanol–water partition coefficient (Wildman–Crippen LogP) is 1.95. The van der Waals surface area contributed by atoms with Crippen LogP contribution < -0.4 is 10.6 Å². The van der Waals surface area contributed by atoms with Crippen molar-refractivity contribution in [1.82, 2.24) is 10.6 Å². The summed E-state index contributed by atoms with van der Waals surface area (Å²) in [5.74, 6) is -0.885.